The minimum absolute atomic E-state index is 0.346. The summed E-state index contributed by atoms with van der Waals surface area (Å²) >= 11 is 5.95. The van der Waals surface area contributed by atoms with Crippen molar-refractivity contribution < 1.29 is 4.52 Å². The van der Waals surface area contributed by atoms with Crippen molar-refractivity contribution in [3.05, 3.63) is 35.2 Å². The predicted molar refractivity (Wildman–Crippen MR) is 103 cm³/mol. The molecule has 0 saturated carbocycles. The van der Waals surface area contributed by atoms with Gasteiger partial charge in [0.2, 0.25) is 11.7 Å². The standard InChI is InChI=1S/C20H27ClN4O/c21-18-8-6-16(7-9-18)19-22-20(26-23-19)17-5-4-12-25(15-17)14-13-24-10-2-1-3-11-24/h6-9,17H,1-5,10-15H2. The van der Waals surface area contributed by atoms with Crippen molar-refractivity contribution in [1.29, 1.82) is 0 Å². The maximum atomic E-state index is 5.95. The Labute approximate surface area is 160 Å². The van der Waals surface area contributed by atoms with E-state index in [1.165, 1.54) is 51.9 Å². The quantitative estimate of drug-likeness (QED) is 0.789. The number of nitrogens with zero attached hydrogens (tertiary/aromatic N) is 4. The fourth-order valence-corrected chi connectivity index (χ4v) is 4.17. The van der Waals surface area contributed by atoms with Gasteiger partial charge in [-0.3, -0.25) is 0 Å². The van der Waals surface area contributed by atoms with E-state index in [2.05, 4.69) is 19.9 Å². The highest BCUT2D eigenvalue weighted by atomic mass is 35.5. The van der Waals surface area contributed by atoms with Gasteiger partial charge in [0.05, 0.1) is 5.92 Å². The third-order valence-corrected chi connectivity index (χ3v) is 5.83. The number of hydrogen-bond donors (Lipinski definition) is 0. The smallest absolute Gasteiger partial charge is 0.231 e. The molecule has 0 radical (unpaired) electrons. The zero-order valence-electron chi connectivity index (χ0n) is 15.2. The van der Waals surface area contributed by atoms with Crippen LogP contribution in [-0.2, 0) is 0 Å². The molecule has 0 aliphatic carbocycles. The molecule has 0 N–H and O–H groups in total. The largest absolute Gasteiger partial charge is 0.339 e. The van der Waals surface area contributed by atoms with Gasteiger partial charge in [0, 0.05) is 30.2 Å². The van der Waals surface area contributed by atoms with E-state index in [0.717, 1.165) is 31.0 Å². The summed E-state index contributed by atoms with van der Waals surface area (Å²) in [4.78, 5) is 9.83. The van der Waals surface area contributed by atoms with Crippen molar-refractivity contribution in [2.75, 3.05) is 39.3 Å². The fourth-order valence-electron chi connectivity index (χ4n) is 4.04. The van der Waals surface area contributed by atoms with E-state index >= 15 is 0 Å². The van der Waals surface area contributed by atoms with Gasteiger partial charge in [-0.1, -0.05) is 23.2 Å². The maximum Gasteiger partial charge on any atom is 0.231 e. The molecule has 2 fully saturated rings. The van der Waals surface area contributed by atoms with Gasteiger partial charge >= 0.3 is 0 Å². The maximum absolute atomic E-state index is 5.95. The van der Waals surface area contributed by atoms with E-state index in [-0.39, 0.29) is 0 Å². The first kappa shape index (κ1) is 18.0. The van der Waals surface area contributed by atoms with Crippen LogP contribution in [0.2, 0.25) is 5.02 Å². The molecule has 26 heavy (non-hydrogen) atoms. The highest BCUT2D eigenvalue weighted by Crippen LogP contribution is 2.28. The first-order valence-corrected chi connectivity index (χ1v) is 10.2. The summed E-state index contributed by atoms with van der Waals surface area (Å²) in [6.07, 6.45) is 6.44. The van der Waals surface area contributed by atoms with Crippen LogP contribution in [-0.4, -0.2) is 59.2 Å². The van der Waals surface area contributed by atoms with Gasteiger partial charge in [-0.05, 0) is 69.6 Å². The number of rotatable bonds is 5. The first-order valence-electron chi connectivity index (χ1n) is 9.82. The van der Waals surface area contributed by atoms with E-state index in [4.69, 9.17) is 16.1 Å². The Morgan fingerprint density at radius 1 is 0.962 bits per heavy atom. The number of hydrogen-bond acceptors (Lipinski definition) is 5. The zero-order chi connectivity index (χ0) is 17.8. The summed E-state index contributed by atoms with van der Waals surface area (Å²) < 4.78 is 5.60. The number of likely N-dealkylation sites (tertiary alicyclic amines) is 2. The van der Waals surface area contributed by atoms with E-state index < -0.39 is 0 Å². The highest BCUT2D eigenvalue weighted by Gasteiger charge is 2.26. The van der Waals surface area contributed by atoms with Crippen LogP contribution in [0.4, 0.5) is 0 Å². The molecule has 0 amide bonds. The van der Waals surface area contributed by atoms with Crippen LogP contribution in [0.25, 0.3) is 11.4 Å². The van der Waals surface area contributed by atoms with Gasteiger partial charge in [0.1, 0.15) is 0 Å². The SMILES string of the molecule is Clc1ccc(-c2noc(C3CCCN(CCN4CCCCC4)C3)n2)cc1. The molecule has 2 saturated heterocycles. The lowest BCUT2D eigenvalue weighted by atomic mass is 9.98. The summed E-state index contributed by atoms with van der Waals surface area (Å²) in [5.74, 6) is 1.78. The summed E-state index contributed by atoms with van der Waals surface area (Å²) in [6, 6.07) is 7.58. The molecule has 5 nitrogen and oxygen atoms in total. The minimum atomic E-state index is 0.346. The van der Waals surface area contributed by atoms with Crippen molar-refractivity contribution in [2.24, 2.45) is 0 Å². The Bertz CT molecular complexity index is 696. The molecule has 1 atom stereocenters. The summed E-state index contributed by atoms with van der Waals surface area (Å²) in [5, 5.41) is 4.90. The Balaban J connectivity index is 1.34. The number of piperidine rings is 2. The first-order chi connectivity index (χ1) is 12.8. The molecule has 1 aromatic heterocycles. The van der Waals surface area contributed by atoms with Crippen LogP contribution in [0.1, 0.15) is 43.9 Å². The average Bonchev–Trinajstić information content (AvgIpc) is 3.18. The van der Waals surface area contributed by atoms with Crippen LogP contribution < -0.4 is 0 Å². The number of aromatic nitrogens is 2. The van der Waals surface area contributed by atoms with Crippen molar-refractivity contribution in [1.82, 2.24) is 19.9 Å². The zero-order valence-corrected chi connectivity index (χ0v) is 16.0. The second-order valence-corrected chi connectivity index (χ2v) is 7.94. The van der Waals surface area contributed by atoms with E-state index in [1.807, 2.05) is 24.3 Å². The Morgan fingerprint density at radius 2 is 1.69 bits per heavy atom. The minimum Gasteiger partial charge on any atom is -0.339 e. The third-order valence-electron chi connectivity index (χ3n) is 5.58. The summed E-state index contributed by atoms with van der Waals surface area (Å²) in [5.41, 5.74) is 0.946. The molecular weight excluding hydrogens is 348 g/mol. The monoisotopic (exact) mass is 374 g/mol. The van der Waals surface area contributed by atoms with Gasteiger partial charge in [-0.15, -0.1) is 0 Å². The van der Waals surface area contributed by atoms with Crippen molar-refractivity contribution in [2.45, 2.75) is 38.0 Å². The van der Waals surface area contributed by atoms with Gasteiger partial charge in [0.15, 0.2) is 0 Å². The Morgan fingerprint density at radius 3 is 2.50 bits per heavy atom. The molecule has 4 rings (SSSR count). The lowest BCUT2D eigenvalue weighted by Gasteiger charge is -2.34. The third kappa shape index (κ3) is 4.45. The molecular formula is C20H27ClN4O. The average molecular weight is 375 g/mol. The van der Waals surface area contributed by atoms with E-state index in [0.29, 0.717) is 16.8 Å². The normalized spacial score (nSPS) is 22.6. The molecule has 140 valence electrons. The predicted octanol–water partition coefficient (Wildman–Crippen LogP) is 4.06. The molecule has 1 aromatic carbocycles. The van der Waals surface area contributed by atoms with Gasteiger partial charge < -0.3 is 14.3 Å². The van der Waals surface area contributed by atoms with Gasteiger partial charge in [0.25, 0.3) is 0 Å². The van der Waals surface area contributed by atoms with Crippen LogP contribution in [0.3, 0.4) is 0 Å². The van der Waals surface area contributed by atoms with Gasteiger partial charge in [-0.2, -0.15) is 4.98 Å². The van der Waals surface area contributed by atoms with Crippen LogP contribution >= 0.6 is 11.6 Å². The lowest BCUT2D eigenvalue weighted by molar-refractivity contribution is 0.148. The molecule has 0 bridgehead atoms. The number of benzene rings is 1. The number of halogens is 1. The molecule has 2 aliphatic heterocycles. The fraction of sp³-hybridized carbons (Fsp3) is 0.600. The van der Waals surface area contributed by atoms with Crippen molar-refractivity contribution in [3.63, 3.8) is 0 Å². The van der Waals surface area contributed by atoms with Crippen molar-refractivity contribution in [3.8, 4) is 11.4 Å². The van der Waals surface area contributed by atoms with Crippen LogP contribution in [0.5, 0.6) is 0 Å². The van der Waals surface area contributed by atoms with E-state index in [9.17, 15) is 0 Å². The molecule has 2 aliphatic rings. The second kappa shape index (κ2) is 8.51. The molecule has 1 unspecified atom stereocenters. The lowest BCUT2D eigenvalue weighted by Crippen LogP contribution is -2.41. The Hall–Kier alpha value is -1.43. The Kier molecular flexibility index (Phi) is 5.88. The molecule has 6 heteroatoms. The van der Waals surface area contributed by atoms with Gasteiger partial charge in [-0.25, -0.2) is 0 Å². The van der Waals surface area contributed by atoms with Crippen LogP contribution in [0, 0.1) is 0 Å². The van der Waals surface area contributed by atoms with E-state index in [1.54, 1.807) is 0 Å². The molecule has 0 spiro atoms. The molecule has 3 heterocycles. The topological polar surface area (TPSA) is 45.4 Å². The molecule has 2 aromatic rings. The summed E-state index contributed by atoms with van der Waals surface area (Å²) in [7, 11) is 0. The second-order valence-electron chi connectivity index (χ2n) is 7.51. The summed E-state index contributed by atoms with van der Waals surface area (Å²) in [6.45, 7) is 7.08. The highest BCUT2D eigenvalue weighted by molar-refractivity contribution is 6.30. The van der Waals surface area contributed by atoms with Crippen molar-refractivity contribution >= 4 is 11.6 Å². The van der Waals surface area contributed by atoms with Crippen LogP contribution in [0.15, 0.2) is 28.8 Å².